The van der Waals surface area contributed by atoms with Gasteiger partial charge in [-0.3, -0.25) is 9.38 Å². The molecule has 120 valence electrons. The number of alkyl halides is 3. The molecule has 3 aromatic rings. The summed E-state index contributed by atoms with van der Waals surface area (Å²) in [5, 5.41) is 0. The first-order valence-corrected chi connectivity index (χ1v) is 7.18. The quantitative estimate of drug-likeness (QED) is 0.798. The maximum absolute atomic E-state index is 12.6. The molecule has 2 N–H and O–H groups in total. The minimum atomic E-state index is -4.46. The predicted octanol–water partition coefficient (Wildman–Crippen LogP) is 3.82. The summed E-state index contributed by atoms with van der Waals surface area (Å²) >= 11 is 0. The molecule has 7 heteroatoms. The van der Waals surface area contributed by atoms with E-state index in [4.69, 9.17) is 5.73 Å². The monoisotopic (exact) mass is 320 g/mol. The molecule has 0 fully saturated rings. The number of aromatic nitrogens is 3. The number of hydrogen-bond acceptors (Lipinski definition) is 3. The van der Waals surface area contributed by atoms with Gasteiger partial charge in [0.05, 0.1) is 11.2 Å². The van der Waals surface area contributed by atoms with Gasteiger partial charge in [-0.1, -0.05) is 13.0 Å². The molecule has 0 aromatic carbocycles. The van der Waals surface area contributed by atoms with Crippen LogP contribution in [0.4, 0.5) is 13.2 Å². The second-order valence-corrected chi connectivity index (χ2v) is 5.22. The van der Waals surface area contributed by atoms with Crippen LogP contribution in [0.1, 0.15) is 30.8 Å². The van der Waals surface area contributed by atoms with E-state index in [9.17, 15) is 13.2 Å². The lowest BCUT2D eigenvalue weighted by molar-refractivity contribution is -0.141. The number of fused-ring (bicyclic) bond motifs is 1. The van der Waals surface area contributed by atoms with Gasteiger partial charge in [0.1, 0.15) is 11.5 Å². The SMILES string of the molecule is CCC(N)c1nc(-c2ccc(C(F)(F)F)nc2)n2ccccc12. The topological polar surface area (TPSA) is 56.2 Å². The molecule has 0 saturated heterocycles. The van der Waals surface area contributed by atoms with Crippen LogP contribution in [0, 0.1) is 0 Å². The van der Waals surface area contributed by atoms with Crippen LogP contribution in [-0.4, -0.2) is 14.4 Å². The zero-order valence-corrected chi connectivity index (χ0v) is 12.4. The van der Waals surface area contributed by atoms with Crippen molar-refractivity contribution in [1.82, 2.24) is 14.4 Å². The Morgan fingerprint density at radius 1 is 1.22 bits per heavy atom. The number of rotatable bonds is 3. The molecule has 23 heavy (non-hydrogen) atoms. The summed E-state index contributed by atoms with van der Waals surface area (Å²) in [4.78, 5) is 8.04. The summed E-state index contributed by atoms with van der Waals surface area (Å²) in [6.07, 6.45) is -0.748. The van der Waals surface area contributed by atoms with Crippen molar-refractivity contribution in [2.75, 3.05) is 0 Å². The predicted molar refractivity (Wildman–Crippen MR) is 80.6 cm³/mol. The van der Waals surface area contributed by atoms with Crippen LogP contribution in [0.2, 0.25) is 0 Å². The van der Waals surface area contributed by atoms with E-state index in [1.807, 2.05) is 29.5 Å². The van der Waals surface area contributed by atoms with Gasteiger partial charge in [-0.25, -0.2) is 4.98 Å². The maximum Gasteiger partial charge on any atom is 0.433 e. The number of hydrogen-bond donors (Lipinski definition) is 1. The van der Waals surface area contributed by atoms with Gasteiger partial charge in [-0.05, 0) is 30.7 Å². The molecule has 0 bridgehead atoms. The van der Waals surface area contributed by atoms with Crippen molar-refractivity contribution in [1.29, 1.82) is 0 Å². The zero-order valence-electron chi connectivity index (χ0n) is 12.4. The van der Waals surface area contributed by atoms with Crippen LogP contribution in [0.15, 0.2) is 42.7 Å². The lowest BCUT2D eigenvalue weighted by atomic mass is 10.1. The van der Waals surface area contributed by atoms with E-state index in [1.54, 1.807) is 6.20 Å². The molecule has 0 saturated carbocycles. The summed E-state index contributed by atoms with van der Waals surface area (Å²) in [7, 11) is 0. The van der Waals surface area contributed by atoms with Gasteiger partial charge in [0.25, 0.3) is 0 Å². The molecule has 0 radical (unpaired) electrons. The van der Waals surface area contributed by atoms with E-state index in [-0.39, 0.29) is 6.04 Å². The smallest absolute Gasteiger partial charge is 0.323 e. The van der Waals surface area contributed by atoms with Crippen molar-refractivity contribution >= 4 is 5.52 Å². The Kier molecular flexibility index (Phi) is 3.81. The van der Waals surface area contributed by atoms with Gasteiger partial charge < -0.3 is 5.73 Å². The van der Waals surface area contributed by atoms with Crippen LogP contribution >= 0.6 is 0 Å². The fourth-order valence-electron chi connectivity index (χ4n) is 2.43. The van der Waals surface area contributed by atoms with Crippen molar-refractivity contribution in [3.05, 3.63) is 54.1 Å². The average Bonchev–Trinajstić information content (AvgIpc) is 2.93. The molecule has 3 aromatic heterocycles. The van der Waals surface area contributed by atoms with Crippen molar-refractivity contribution < 1.29 is 13.2 Å². The Labute approximate surface area is 130 Å². The van der Waals surface area contributed by atoms with Crippen molar-refractivity contribution in [2.45, 2.75) is 25.6 Å². The number of halogens is 3. The average molecular weight is 320 g/mol. The van der Waals surface area contributed by atoms with E-state index in [0.29, 0.717) is 17.8 Å². The Bertz CT molecular complexity index is 821. The van der Waals surface area contributed by atoms with Gasteiger partial charge in [-0.15, -0.1) is 0 Å². The highest BCUT2D eigenvalue weighted by molar-refractivity contribution is 5.65. The summed E-state index contributed by atoms with van der Waals surface area (Å²) in [5.74, 6) is 0.528. The lowest BCUT2D eigenvalue weighted by Gasteiger charge is -2.06. The normalized spacial score (nSPS) is 13.4. The zero-order chi connectivity index (χ0) is 16.6. The number of nitrogens with two attached hydrogens (primary N) is 1. The van der Waals surface area contributed by atoms with Crippen LogP contribution in [-0.2, 0) is 6.18 Å². The van der Waals surface area contributed by atoms with E-state index < -0.39 is 11.9 Å². The van der Waals surface area contributed by atoms with Crippen molar-refractivity contribution in [2.24, 2.45) is 5.73 Å². The van der Waals surface area contributed by atoms with Gasteiger partial charge in [0.15, 0.2) is 0 Å². The molecule has 0 amide bonds. The van der Waals surface area contributed by atoms with E-state index in [1.165, 1.54) is 12.3 Å². The van der Waals surface area contributed by atoms with E-state index >= 15 is 0 Å². The highest BCUT2D eigenvalue weighted by Gasteiger charge is 2.32. The second-order valence-electron chi connectivity index (χ2n) is 5.22. The molecule has 0 aliphatic rings. The van der Waals surface area contributed by atoms with Gasteiger partial charge in [0, 0.05) is 24.0 Å². The third kappa shape index (κ3) is 2.79. The summed E-state index contributed by atoms with van der Waals surface area (Å²) in [6.45, 7) is 1.96. The summed E-state index contributed by atoms with van der Waals surface area (Å²) < 4.78 is 39.7. The number of nitrogens with zero attached hydrogens (tertiary/aromatic N) is 3. The molecule has 4 nitrogen and oxygen atoms in total. The molecule has 0 spiro atoms. The Balaban J connectivity index is 2.13. The largest absolute Gasteiger partial charge is 0.433 e. The molecule has 3 heterocycles. The van der Waals surface area contributed by atoms with Gasteiger partial charge in [0.2, 0.25) is 0 Å². The molecule has 1 unspecified atom stereocenters. The first-order chi connectivity index (χ1) is 10.9. The molecular weight excluding hydrogens is 305 g/mol. The third-order valence-electron chi connectivity index (χ3n) is 3.68. The van der Waals surface area contributed by atoms with Crippen molar-refractivity contribution in [3.63, 3.8) is 0 Å². The fourth-order valence-corrected chi connectivity index (χ4v) is 2.43. The van der Waals surface area contributed by atoms with E-state index in [0.717, 1.165) is 17.3 Å². The Morgan fingerprint density at radius 2 is 2.00 bits per heavy atom. The standard InChI is InChI=1S/C16H15F3N4/c1-2-11(20)14-12-5-3-4-8-23(12)15(22-14)10-6-7-13(21-9-10)16(17,18)19/h3-9,11H,2,20H2,1H3. The number of imidazole rings is 1. The molecule has 0 aliphatic heterocycles. The third-order valence-corrected chi connectivity index (χ3v) is 3.68. The minimum Gasteiger partial charge on any atom is -0.323 e. The first kappa shape index (κ1) is 15.5. The fraction of sp³-hybridized carbons (Fsp3) is 0.250. The highest BCUT2D eigenvalue weighted by atomic mass is 19.4. The van der Waals surface area contributed by atoms with Crippen molar-refractivity contribution in [3.8, 4) is 11.4 Å². The van der Waals surface area contributed by atoms with E-state index in [2.05, 4.69) is 9.97 Å². The van der Waals surface area contributed by atoms with Crippen LogP contribution < -0.4 is 5.73 Å². The minimum absolute atomic E-state index is 0.233. The second kappa shape index (κ2) is 5.66. The highest BCUT2D eigenvalue weighted by Crippen LogP contribution is 2.30. The Morgan fingerprint density at radius 3 is 2.61 bits per heavy atom. The molecule has 1 atom stereocenters. The molecular formula is C16H15F3N4. The molecule has 0 aliphatic carbocycles. The van der Waals surface area contributed by atoms with Gasteiger partial charge in [-0.2, -0.15) is 13.2 Å². The van der Waals surface area contributed by atoms with Crippen LogP contribution in [0.25, 0.3) is 16.9 Å². The Hall–Kier alpha value is -2.41. The van der Waals surface area contributed by atoms with Crippen LogP contribution in [0.5, 0.6) is 0 Å². The maximum atomic E-state index is 12.6. The summed E-state index contributed by atoms with van der Waals surface area (Å²) in [6, 6.07) is 7.69. The number of pyridine rings is 2. The first-order valence-electron chi connectivity index (χ1n) is 7.18. The molecule has 3 rings (SSSR count). The summed E-state index contributed by atoms with van der Waals surface area (Å²) in [5.41, 5.74) is 7.25. The lowest BCUT2D eigenvalue weighted by Crippen LogP contribution is -2.09. The van der Waals surface area contributed by atoms with Crippen LogP contribution in [0.3, 0.4) is 0 Å². The van der Waals surface area contributed by atoms with Gasteiger partial charge >= 0.3 is 6.18 Å².